The van der Waals surface area contributed by atoms with Gasteiger partial charge in [-0.1, -0.05) is 27.7 Å². The number of nitrogens with one attached hydrogen (secondary N) is 2. The van der Waals surface area contributed by atoms with Gasteiger partial charge in [-0.3, -0.25) is 4.79 Å². The molecule has 1 atom stereocenters. The van der Waals surface area contributed by atoms with Gasteiger partial charge in [0, 0.05) is 11.3 Å². The maximum Gasteiger partial charge on any atom is 0.336 e. The van der Waals surface area contributed by atoms with Crippen LogP contribution in [0.25, 0.3) is 11.4 Å². The van der Waals surface area contributed by atoms with Gasteiger partial charge in [-0.2, -0.15) is 0 Å². The predicted molar refractivity (Wildman–Crippen MR) is 115 cm³/mol. The summed E-state index contributed by atoms with van der Waals surface area (Å²) in [6.45, 7) is 7.91. The molecule has 0 bridgehead atoms. The zero-order valence-corrected chi connectivity index (χ0v) is 17.9. The molecule has 2 aromatic rings. The number of nitrogens with zero attached hydrogens (tertiary/aromatic N) is 1. The van der Waals surface area contributed by atoms with E-state index in [9.17, 15) is 19.5 Å². The van der Waals surface area contributed by atoms with Gasteiger partial charge >= 0.3 is 5.97 Å². The van der Waals surface area contributed by atoms with E-state index in [1.807, 2.05) is 20.8 Å². The van der Waals surface area contributed by atoms with Gasteiger partial charge in [0.15, 0.2) is 11.8 Å². The fraction of sp³-hybridized carbons (Fsp3) is 0.455. The third-order valence-corrected chi connectivity index (χ3v) is 4.99. The Kier molecular flexibility index (Phi) is 7.74. The molecule has 0 saturated heterocycles. The van der Waals surface area contributed by atoms with Crippen molar-refractivity contribution in [3.63, 3.8) is 0 Å². The van der Waals surface area contributed by atoms with Crippen molar-refractivity contribution in [3.05, 3.63) is 39.8 Å². The Labute approximate surface area is 175 Å². The summed E-state index contributed by atoms with van der Waals surface area (Å²) in [5.41, 5.74) is 0.320. The van der Waals surface area contributed by atoms with Crippen molar-refractivity contribution in [3.8, 4) is 17.1 Å². The number of aromatic amines is 1. The normalized spacial score (nSPS) is 12.8. The molecule has 3 N–H and O–H groups in total. The van der Waals surface area contributed by atoms with E-state index >= 15 is 0 Å². The molecule has 8 heteroatoms. The zero-order chi connectivity index (χ0) is 22.3. The Morgan fingerprint density at radius 3 is 2.53 bits per heavy atom. The van der Waals surface area contributed by atoms with Crippen molar-refractivity contribution in [2.45, 2.75) is 58.9 Å². The van der Waals surface area contributed by atoms with Gasteiger partial charge < -0.3 is 24.9 Å². The lowest BCUT2D eigenvalue weighted by Gasteiger charge is -2.25. The minimum Gasteiger partial charge on any atom is -0.493 e. The van der Waals surface area contributed by atoms with Crippen molar-refractivity contribution < 1.29 is 19.4 Å². The topological polar surface area (TPSA) is 121 Å². The van der Waals surface area contributed by atoms with E-state index in [-0.39, 0.29) is 12.0 Å². The van der Waals surface area contributed by atoms with Crippen molar-refractivity contribution in [2.24, 2.45) is 0 Å². The number of rotatable bonds is 11. The largest absolute Gasteiger partial charge is 0.493 e. The van der Waals surface area contributed by atoms with Crippen LogP contribution in [0.1, 0.15) is 51.8 Å². The van der Waals surface area contributed by atoms with Crippen LogP contribution in [0.3, 0.4) is 0 Å². The number of carboxylic acid groups (broad SMARTS) is 1. The molecule has 0 aliphatic rings. The summed E-state index contributed by atoms with van der Waals surface area (Å²) >= 11 is 0. The van der Waals surface area contributed by atoms with E-state index in [2.05, 4.69) is 15.3 Å². The fourth-order valence-electron chi connectivity index (χ4n) is 3.17. The molecule has 8 nitrogen and oxygen atoms in total. The average Bonchev–Trinajstić information content (AvgIpc) is 2.75. The molecule has 0 saturated carbocycles. The van der Waals surface area contributed by atoms with Crippen LogP contribution in [-0.4, -0.2) is 39.5 Å². The van der Waals surface area contributed by atoms with Gasteiger partial charge in [0.2, 0.25) is 0 Å². The Hall–Kier alpha value is -3.16. The number of anilines is 1. The number of aryl methyl sites for hydroxylation is 1. The minimum atomic E-state index is -1.75. The lowest BCUT2D eigenvalue weighted by molar-refractivity contribution is -0.144. The molecule has 1 unspecified atom stereocenters. The molecule has 30 heavy (non-hydrogen) atoms. The summed E-state index contributed by atoms with van der Waals surface area (Å²) < 4.78 is 5.82. The molecule has 0 fully saturated rings. The number of aliphatic carboxylic acids is 1. The van der Waals surface area contributed by atoms with Crippen LogP contribution in [0.5, 0.6) is 5.75 Å². The molecule has 162 valence electrons. The highest BCUT2D eigenvalue weighted by Gasteiger charge is 2.36. The SMILES string of the molecule is CCCOc1ccc(NC(C=O)(CC)C(=O)O)cc1-c1nc(CC)c(CC)c(=O)[nH]1. The summed E-state index contributed by atoms with van der Waals surface area (Å²) in [7, 11) is 0. The van der Waals surface area contributed by atoms with Crippen LogP contribution in [0.15, 0.2) is 23.0 Å². The van der Waals surface area contributed by atoms with E-state index in [1.165, 1.54) is 0 Å². The number of carbonyl (C=O) groups is 2. The Bertz CT molecular complexity index is 970. The molecule has 1 aromatic carbocycles. The van der Waals surface area contributed by atoms with E-state index < -0.39 is 11.5 Å². The van der Waals surface area contributed by atoms with Gasteiger partial charge in [-0.25, -0.2) is 9.78 Å². The number of hydrogen-bond donors (Lipinski definition) is 3. The summed E-state index contributed by atoms with van der Waals surface area (Å²) in [4.78, 5) is 43.2. The highest BCUT2D eigenvalue weighted by atomic mass is 16.5. The van der Waals surface area contributed by atoms with Crippen LogP contribution in [0.2, 0.25) is 0 Å². The molecule has 0 aliphatic heterocycles. The second kappa shape index (κ2) is 10.0. The number of ether oxygens (including phenoxy) is 1. The molecular weight excluding hydrogens is 386 g/mol. The highest BCUT2D eigenvalue weighted by molar-refractivity contribution is 6.00. The van der Waals surface area contributed by atoms with Gasteiger partial charge in [-0.05, 0) is 43.9 Å². The first kappa shape index (κ1) is 23.1. The highest BCUT2D eigenvalue weighted by Crippen LogP contribution is 2.32. The fourth-order valence-corrected chi connectivity index (χ4v) is 3.17. The van der Waals surface area contributed by atoms with E-state index in [1.54, 1.807) is 25.1 Å². The first-order valence-electron chi connectivity index (χ1n) is 10.2. The maximum absolute atomic E-state index is 12.6. The second-order valence-corrected chi connectivity index (χ2v) is 6.98. The molecule has 1 heterocycles. The van der Waals surface area contributed by atoms with Crippen molar-refractivity contribution in [2.75, 3.05) is 11.9 Å². The summed E-state index contributed by atoms with van der Waals surface area (Å²) in [5.74, 6) is -0.410. The monoisotopic (exact) mass is 415 g/mol. The molecule has 2 rings (SSSR count). The van der Waals surface area contributed by atoms with Gasteiger partial charge in [0.1, 0.15) is 11.6 Å². The third kappa shape index (κ3) is 4.69. The average molecular weight is 415 g/mol. The first-order chi connectivity index (χ1) is 14.3. The lowest BCUT2D eigenvalue weighted by Crippen LogP contribution is -2.47. The first-order valence-corrected chi connectivity index (χ1v) is 10.2. The number of aldehydes is 1. The summed E-state index contributed by atoms with van der Waals surface area (Å²) in [5, 5.41) is 12.3. The molecule has 0 aliphatic carbocycles. The van der Waals surface area contributed by atoms with Gasteiger partial charge in [0.25, 0.3) is 5.56 Å². The zero-order valence-electron chi connectivity index (χ0n) is 17.9. The molecule has 0 spiro atoms. The summed E-state index contributed by atoms with van der Waals surface area (Å²) in [6.07, 6.45) is 2.43. The van der Waals surface area contributed by atoms with E-state index in [0.717, 1.165) is 6.42 Å². The third-order valence-electron chi connectivity index (χ3n) is 4.99. The lowest BCUT2D eigenvalue weighted by atomic mass is 9.97. The van der Waals surface area contributed by atoms with Crippen LogP contribution < -0.4 is 15.6 Å². The van der Waals surface area contributed by atoms with Crippen molar-refractivity contribution in [1.29, 1.82) is 0 Å². The van der Waals surface area contributed by atoms with E-state index in [4.69, 9.17) is 4.74 Å². The predicted octanol–water partition coefficient (Wildman–Crippen LogP) is 3.19. The van der Waals surface area contributed by atoms with Crippen LogP contribution in [0, 0.1) is 0 Å². The molecule has 0 amide bonds. The molecule has 1 aromatic heterocycles. The summed E-state index contributed by atoms with van der Waals surface area (Å²) in [6, 6.07) is 4.97. The Morgan fingerprint density at radius 1 is 1.27 bits per heavy atom. The number of H-pyrrole nitrogens is 1. The van der Waals surface area contributed by atoms with Crippen molar-refractivity contribution in [1.82, 2.24) is 9.97 Å². The van der Waals surface area contributed by atoms with Crippen LogP contribution >= 0.6 is 0 Å². The maximum atomic E-state index is 12.6. The number of aromatic nitrogens is 2. The van der Waals surface area contributed by atoms with Gasteiger partial charge in [0.05, 0.1) is 17.9 Å². The second-order valence-electron chi connectivity index (χ2n) is 6.98. The standard InChI is InChI=1S/C22H29N3O5/c1-5-11-30-18-10-9-14(25-22(8-4,13-26)21(28)29)12-16(18)19-23-17(7-3)15(6-2)20(27)24-19/h9-10,12-13,25H,5-8,11H2,1-4H3,(H,28,29)(H,23,24,27). The number of hydrogen-bond acceptors (Lipinski definition) is 6. The smallest absolute Gasteiger partial charge is 0.336 e. The number of benzene rings is 1. The number of carboxylic acids is 1. The molecule has 0 radical (unpaired) electrons. The van der Waals surface area contributed by atoms with Crippen molar-refractivity contribution >= 4 is 17.9 Å². The minimum absolute atomic E-state index is 0.0650. The Balaban J connectivity index is 2.63. The number of carbonyl (C=O) groups excluding carboxylic acids is 1. The van der Waals surface area contributed by atoms with E-state index in [0.29, 0.717) is 59.8 Å². The van der Waals surface area contributed by atoms with Crippen LogP contribution in [-0.2, 0) is 22.4 Å². The van der Waals surface area contributed by atoms with Gasteiger partial charge in [-0.15, -0.1) is 0 Å². The Morgan fingerprint density at radius 2 is 2.00 bits per heavy atom. The quantitative estimate of drug-likeness (QED) is 0.380. The van der Waals surface area contributed by atoms with Crippen LogP contribution in [0.4, 0.5) is 5.69 Å². The molecular formula is C22H29N3O5.